The summed E-state index contributed by atoms with van der Waals surface area (Å²) in [6.45, 7) is 0. The lowest BCUT2D eigenvalue weighted by Crippen LogP contribution is -2.13. The van der Waals surface area contributed by atoms with Crippen LogP contribution < -0.4 is 11.1 Å². The molecule has 0 saturated carbocycles. The van der Waals surface area contributed by atoms with Crippen LogP contribution in [0.5, 0.6) is 0 Å². The van der Waals surface area contributed by atoms with Gasteiger partial charge in [0.2, 0.25) is 11.8 Å². The van der Waals surface area contributed by atoms with Gasteiger partial charge in [0.15, 0.2) is 0 Å². The second-order valence-electron chi connectivity index (χ2n) is 3.19. The van der Waals surface area contributed by atoms with Crippen molar-refractivity contribution < 1.29 is 4.79 Å². The molecule has 84 valence electrons. The fourth-order valence-corrected chi connectivity index (χ4v) is 1.19. The molecule has 0 radical (unpaired) electrons. The molecule has 0 bridgehead atoms. The van der Waals surface area contributed by atoms with Gasteiger partial charge in [-0.1, -0.05) is 0 Å². The molecule has 7 nitrogen and oxygen atoms in total. The largest absolute Gasteiger partial charge is 0.366 e. The number of aromatic nitrogens is 3. The number of nitriles is 1. The fraction of sp³-hybridized carbons (Fsp3) is 0. The molecule has 0 aliphatic carbocycles. The van der Waals surface area contributed by atoms with Crippen LogP contribution >= 0.6 is 0 Å². The van der Waals surface area contributed by atoms with E-state index in [1.54, 1.807) is 24.3 Å². The van der Waals surface area contributed by atoms with E-state index in [0.717, 1.165) is 0 Å². The van der Waals surface area contributed by atoms with E-state index < -0.39 is 5.91 Å². The van der Waals surface area contributed by atoms with Gasteiger partial charge in [-0.05, 0) is 24.3 Å². The Bertz CT molecular complexity index is 580. The summed E-state index contributed by atoms with van der Waals surface area (Å²) in [4.78, 5) is 15.3. The number of hydrogen-bond acceptors (Lipinski definition) is 5. The molecule has 2 rings (SSSR count). The Hall–Kier alpha value is -2.88. The smallest absolute Gasteiger partial charge is 0.293 e. The molecule has 7 heteroatoms. The van der Waals surface area contributed by atoms with E-state index in [9.17, 15) is 4.79 Å². The average Bonchev–Trinajstić information content (AvgIpc) is 2.77. The maximum absolute atomic E-state index is 11.6. The maximum Gasteiger partial charge on any atom is 0.293 e. The van der Waals surface area contributed by atoms with Crippen LogP contribution in [0.15, 0.2) is 24.3 Å². The van der Waals surface area contributed by atoms with E-state index >= 15 is 0 Å². The Balaban J connectivity index is 2.11. The van der Waals surface area contributed by atoms with Crippen molar-refractivity contribution in [2.24, 2.45) is 0 Å². The highest BCUT2D eigenvalue weighted by Gasteiger charge is 2.10. The molecule has 1 aromatic heterocycles. The molecule has 1 aromatic carbocycles. The van der Waals surface area contributed by atoms with Gasteiger partial charge in [0, 0.05) is 5.69 Å². The zero-order valence-corrected chi connectivity index (χ0v) is 8.64. The van der Waals surface area contributed by atoms with Crippen LogP contribution in [0, 0.1) is 11.3 Å². The Labute approximate surface area is 96.3 Å². The summed E-state index contributed by atoms with van der Waals surface area (Å²) < 4.78 is 0. The lowest BCUT2D eigenvalue weighted by Gasteiger charge is -2.01. The van der Waals surface area contributed by atoms with Gasteiger partial charge >= 0.3 is 0 Å². The number of rotatable bonds is 2. The molecule has 17 heavy (non-hydrogen) atoms. The van der Waals surface area contributed by atoms with E-state index in [2.05, 4.69) is 20.5 Å². The number of benzene rings is 1. The van der Waals surface area contributed by atoms with Crippen molar-refractivity contribution >= 4 is 17.5 Å². The first kappa shape index (κ1) is 10.6. The van der Waals surface area contributed by atoms with Crippen molar-refractivity contribution in [1.29, 1.82) is 5.26 Å². The van der Waals surface area contributed by atoms with Crippen molar-refractivity contribution in [3.63, 3.8) is 0 Å². The summed E-state index contributed by atoms with van der Waals surface area (Å²) in [6, 6.07) is 8.43. The number of nitrogens with two attached hydrogens (primary N) is 1. The maximum atomic E-state index is 11.6. The molecular formula is C10H8N6O. The fourth-order valence-electron chi connectivity index (χ4n) is 1.19. The summed E-state index contributed by atoms with van der Waals surface area (Å²) in [5, 5.41) is 17.1. The van der Waals surface area contributed by atoms with Gasteiger partial charge in [0.25, 0.3) is 5.91 Å². The number of hydrogen-bond donors (Lipinski definition) is 3. The van der Waals surface area contributed by atoms with Gasteiger partial charge in [-0.2, -0.15) is 10.2 Å². The number of amides is 1. The van der Waals surface area contributed by atoms with E-state index in [4.69, 9.17) is 11.0 Å². The van der Waals surface area contributed by atoms with Gasteiger partial charge in [-0.25, -0.2) is 0 Å². The quantitative estimate of drug-likeness (QED) is 0.691. The third kappa shape index (κ3) is 2.38. The highest BCUT2D eigenvalue weighted by molar-refractivity contribution is 6.01. The van der Waals surface area contributed by atoms with Crippen LogP contribution in [0.2, 0.25) is 0 Å². The van der Waals surface area contributed by atoms with Crippen LogP contribution in [-0.2, 0) is 0 Å². The second-order valence-corrected chi connectivity index (χ2v) is 3.19. The van der Waals surface area contributed by atoms with Crippen molar-refractivity contribution in [2.45, 2.75) is 0 Å². The van der Waals surface area contributed by atoms with Gasteiger partial charge < -0.3 is 11.1 Å². The predicted octanol–water partition coefficient (Wildman–Crippen LogP) is 0.511. The minimum absolute atomic E-state index is 0.00924. The Morgan fingerprint density at radius 2 is 2.12 bits per heavy atom. The topological polar surface area (TPSA) is 120 Å². The number of anilines is 2. The first-order chi connectivity index (χ1) is 8.19. The SMILES string of the molecule is N#Cc1ccc(NC(=O)c2nc(N)n[nH]2)cc1. The summed E-state index contributed by atoms with van der Waals surface area (Å²) in [7, 11) is 0. The third-order valence-electron chi connectivity index (χ3n) is 1.99. The van der Waals surface area contributed by atoms with Crippen LogP contribution in [0.25, 0.3) is 0 Å². The lowest BCUT2D eigenvalue weighted by atomic mass is 10.2. The molecule has 0 aliphatic heterocycles. The highest BCUT2D eigenvalue weighted by Crippen LogP contribution is 2.09. The number of aromatic amines is 1. The Kier molecular flexibility index (Phi) is 2.70. The molecule has 0 fully saturated rings. The summed E-state index contributed by atoms with van der Waals surface area (Å²) in [6.07, 6.45) is 0. The van der Waals surface area contributed by atoms with Crippen molar-refractivity contribution in [2.75, 3.05) is 11.1 Å². The minimum atomic E-state index is -0.445. The van der Waals surface area contributed by atoms with E-state index in [-0.39, 0.29) is 11.8 Å². The second kappa shape index (κ2) is 4.32. The van der Waals surface area contributed by atoms with E-state index in [1.807, 2.05) is 6.07 Å². The molecule has 0 atom stereocenters. The average molecular weight is 228 g/mol. The number of nitrogens with zero attached hydrogens (tertiary/aromatic N) is 3. The summed E-state index contributed by atoms with van der Waals surface area (Å²) >= 11 is 0. The number of carbonyl (C=O) groups is 1. The van der Waals surface area contributed by atoms with Crippen LogP contribution in [0.3, 0.4) is 0 Å². The van der Waals surface area contributed by atoms with Gasteiger partial charge in [-0.3, -0.25) is 9.89 Å². The first-order valence-electron chi connectivity index (χ1n) is 4.68. The lowest BCUT2D eigenvalue weighted by molar-refractivity contribution is 0.101. The van der Waals surface area contributed by atoms with Crippen molar-refractivity contribution in [1.82, 2.24) is 15.2 Å². The number of nitrogen functional groups attached to an aromatic ring is 1. The van der Waals surface area contributed by atoms with Crippen LogP contribution in [0.1, 0.15) is 16.2 Å². The van der Waals surface area contributed by atoms with Crippen LogP contribution in [-0.4, -0.2) is 21.1 Å². The number of carbonyl (C=O) groups excluding carboxylic acids is 1. The van der Waals surface area contributed by atoms with Gasteiger partial charge in [0.05, 0.1) is 11.6 Å². The summed E-state index contributed by atoms with van der Waals surface area (Å²) in [5.41, 5.74) is 6.36. The zero-order valence-electron chi connectivity index (χ0n) is 8.64. The highest BCUT2D eigenvalue weighted by atomic mass is 16.2. The number of H-pyrrole nitrogens is 1. The molecule has 0 unspecified atom stereocenters. The molecule has 4 N–H and O–H groups in total. The monoisotopic (exact) mass is 228 g/mol. The van der Waals surface area contributed by atoms with Crippen molar-refractivity contribution in [3.05, 3.63) is 35.7 Å². The summed E-state index contributed by atoms with van der Waals surface area (Å²) in [5.74, 6) is -0.402. The molecule has 1 heterocycles. The van der Waals surface area contributed by atoms with Gasteiger partial charge in [-0.15, -0.1) is 5.10 Å². The van der Waals surface area contributed by atoms with Crippen molar-refractivity contribution in [3.8, 4) is 6.07 Å². The molecule has 0 aliphatic rings. The zero-order chi connectivity index (χ0) is 12.3. The van der Waals surface area contributed by atoms with E-state index in [0.29, 0.717) is 11.3 Å². The molecule has 2 aromatic rings. The molecular weight excluding hydrogens is 220 g/mol. The standard InChI is InChI=1S/C10H8N6O/c11-5-6-1-3-7(4-2-6)13-9(17)8-14-10(12)16-15-8/h1-4H,(H,13,17)(H3,12,14,15,16). The first-order valence-corrected chi connectivity index (χ1v) is 4.68. The third-order valence-corrected chi connectivity index (χ3v) is 1.99. The Morgan fingerprint density at radius 3 is 2.65 bits per heavy atom. The Morgan fingerprint density at radius 1 is 1.41 bits per heavy atom. The number of nitrogens with one attached hydrogen (secondary N) is 2. The molecule has 0 saturated heterocycles. The minimum Gasteiger partial charge on any atom is -0.366 e. The predicted molar refractivity (Wildman–Crippen MR) is 59.9 cm³/mol. The van der Waals surface area contributed by atoms with Gasteiger partial charge in [0.1, 0.15) is 0 Å². The normalized spacial score (nSPS) is 9.59. The molecule has 1 amide bonds. The van der Waals surface area contributed by atoms with E-state index in [1.165, 1.54) is 0 Å². The molecule has 0 spiro atoms. The van der Waals surface area contributed by atoms with Crippen LogP contribution in [0.4, 0.5) is 11.6 Å².